The first kappa shape index (κ1) is 15.1. The molecule has 2 aromatic heterocycles. The van der Waals surface area contributed by atoms with Gasteiger partial charge in [-0.05, 0) is 6.07 Å². The number of likely N-dealkylation sites (tertiary alicyclic amines) is 1. The number of ether oxygens (including phenoxy) is 1. The van der Waals surface area contributed by atoms with Crippen LogP contribution in [0.25, 0.3) is 0 Å². The largest absolute Gasteiger partial charge is 0.471 e. The van der Waals surface area contributed by atoms with Crippen LogP contribution >= 0.6 is 0 Å². The maximum atomic E-state index is 12.6. The second-order valence-electron chi connectivity index (χ2n) is 4.97. The summed E-state index contributed by atoms with van der Waals surface area (Å²) in [5.41, 5.74) is -1.41. The van der Waals surface area contributed by atoms with E-state index in [9.17, 15) is 22.8 Å². The molecule has 0 atom stereocenters. The molecule has 7 nitrogen and oxygen atoms in total. The van der Waals surface area contributed by atoms with Crippen LogP contribution in [-0.4, -0.2) is 45.0 Å². The maximum Gasteiger partial charge on any atom is 0.433 e. The van der Waals surface area contributed by atoms with Gasteiger partial charge in [0, 0.05) is 12.3 Å². The summed E-state index contributed by atoms with van der Waals surface area (Å²) in [4.78, 5) is 32.3. The first-order chi connectivity index (χ1) is 10.8. The molecular formula is C13H11F3N4O3. The molecule has 0 spiro atoms. The molecule has 0 radical (unpaired) electrons. The lowest BCUT2D eigenvalue weighted by Gasteiger charge is -2.38. The number of alkyl halides is 3. The first-order valence-electron chi connectivity index (χ1n) is 6.61. The number of rotatable bonds is 3. The number of aromatic nitrogens is 3. The molecule has 0 unspecified atom stereocenters. The molecule has 23 heavy (non-hydrogen) atoms. The number of carbonyl (C=O) groups is 1. The van der Waals surface area contributed by atoms with E-state index in [4.69, 9.17) is 4.74 Å². The molecule has 1 aliphatic heterocycles. The summed E-state index contributed by atoms with van der Waals surface area (Å²) in [6.45, 7) is 0.397. The Morgan fingerprint density at radius 3 is 2.70 bits per heavy atom. The van der Waals surface area contributed by atoms with Crippen LogP contribution in [0.3, 0.4) is 0 Å². The third-order valence-corrected chi connectivity index (χ3v) is 3.26. The highest BCUT2D eigenvalue weighted by Gasteiger charge is 2.35. The smallest absolute Gasteiger partial charge is 0.433 e. The minimum Gasteiger partial charge on any atom is -0.471 e. The summed E-state index contributed by atoms with van der Waals surface area (Å²) in [6.07, 6.45) is -3.73. The Labute approximate surface area is 127 Å². The summed E-state index contributed by atoms with van der Waals surface area (Å²) < 4.78 is 43.0. The summed E-state index contributed by atoms with van der Waals surface area (Å²) >= 11 is 0. The van der Waals surface area contributed by atoms with Crippen molar-refractivity contribution in [1.82, 2.24) is 19.9 Å². The van der Waals surface area contributed by atoms with Crippen LogP contribution in [0.15, 0.2) is 29.2 Å². The Balaban J connectivity index is 1.58. The highest BCUT2D eigenvalue weighted by atomic mass is 19.4. The van der Waals surface area contributed by atoms with Gasteiger partial charge in [-0.2, -0.15) is 13.2 Å². The average Bonchev–Trinajstić information content (AvgIpc) is 2.88. The van der Waals surface area contributed by atoms with E-state index in [1.54, 1.807) is 0 Å². The van der Waals surface area contributed by atoms with Crippen LogP contribution < -0.4 is 10.4 Å². The standard InChI is InChI=1S/C13H11F3N4O3/c14-13(15,16)9-2-1-3-10(19-9)23-7-5-20(6-7)11(21)8-4-17-12(22)18-8/h1-4,7H,5-6H2,(H2,17,18,22). The zero-order valence-electron chi connectivity index (χ0n) is 11.6. The normalized spacial score (nSPS) is 15.3. The SMILES string of the molecule is O=C(c1c[nH]c(=O)[nH]1)N1CC(Oc2cccc(C(F)(F)F)n2)C1. The minimum atomic E-state index is -4.54. The number of nitrogens with one attached hydrogen (secondary N) is 2. The molecule has 1 amide bonds. The highest BCUT2D eigenvalue weighted by Crippen LogP contribution is 2.29. The second kappa shape index (κ2) is 5.45. The maximum absolute atomic E-state index is 12.6. The number of pyridine rings is 1. The molecule has 2 N–H and O–H groups in total. The predicted molar refractivity (Wildman–Crippen MR) is 71.0 cm³/mol. The Morgan fingerprint density at radius 2 is 2.09 bits per heavy atom. The van der Waals surface area contributed by atoms with E-state index >= 15 is 0 Å². The van der Waals surface area contributed by atoms with E-state index in [-0.39, 0.29) is 30.6 Å². The van der Waals surface area contributed by atoms with Crippen LogP contribution in [0.1, 0.15) is 16.2 Å². The van der Waals surface area contributed by atoms with E-state index < -0.39 is 23.7 Å². The van der Waals surface area contributed by atoms with Crippen LogP contribution in [0.4, 0.5) is 13.2 Å². The lowest BCUT2D eigenvalue weighted by molar-refractivity contribution is -0.141. The average molecular weight is 328 g/mol. The van der Waals surface area contributed by atoms with Crippen molar-refractivity contribution in [2.45, 2.75) is 12.3 Å². The van der Waals surface area contributed by atoms with E-state index in [0.29, 0.717) is 0 Å². The molecule has 0 aromatic carbocycles. The van der Waals surface area contributed by atoms with Gasteiger partial charge in [-0.25, -0.2) is 9.78 Å². The van der Waals surface area contributed by atoms with Crippen molar-refractivity contribution < 1.29 is 22.7 Å². The fourth-order valence-electron chi connectivity index (χ4n) is 2.11. The quantitative estimate of drug-likeness (QED) is 0.880. The number of carbonyl (C=O) groups excluding carboxylic acids is 1. The number of imidazole rings is 1. The van der Waals surface area contributed by atoms with Gasteiger partial charge >= 0.3 is 11.9 Å². The number of hydrogen-bond acceptors (Lipinski definition) is 4. The van der Waals surface area contributed by atoms with Gasteiger partial charge in [0.2, 0.25) is 5.88 Å². The monoisotopic (exact) mass is 328 g/mol. The van der Waals surface area contributed by atoms with Crippen molar-refractivity contribution in [1.29, 1.82) is 0 Å². The molecule has 0 bridgehead atoms. The fraction of sp³-hybridized carbons (Fsp3) is 0.308. The van der Waals surface area contributed by atoms with Crippen LogP contribution in [0.2, 0.25) is 0 Å². The molecule has 2 aromatic rings. The molecule has 3 heterocycles. The molecule has 1 saturated heterocycles. The van der Waals surface area contributed by atoms with Gasteiger partial charge in [0.05, 0.1) is 13.1 Å². The van der Waals surface area contributed by atoms with Crippen molar-refractivity contribution in [3.8, 4) is 5.88 Å². The molecular weight excluding hydrogens is 317 g/mol. The van der Waals surface area contributed by atoms with Gasteiger partial charge in [-0.1, -0.05) is 6.07 Å². The van der Waals surface area contributed by atoms with Gasteiger partial charge in [0.15, 0.2) is 0 Å². The first-order valence-corrected chi connectivity index (χ1v) is 6.61. The fourth-order valence-corrected chi connectivity index (χ4v) is 2.11. The van der Waals surface area contributed by atoms with E-state index in [1.807, 2.05) is 0 Å². The summed E-state index contributed by atoms with van der Waals surface area (Å²) in [7, 11) is 0. The molecule has 3 rings (SSSR count). The molecule has 0 saturated carbocycles. The number of amides is 1. The number of halogens is 3. The summed E-state index contributed by atoms with van der Waals surface area (Å²) in [5, 5.41) is 0. The number of H-pyrrole nitrogens is 2. The zero-order valence-corrected chi connectivity index (χ0v) is 11.6. The molecule has 122 valence electrons. The van der Waals surface area contributed by atoms with Gasteiger partial charge in [-0.15, -0.1) is 0 Å². The van der Waals surface area contributed by atoms with Crippen LogP contribution in [0.5, 0.6) is 5.88 Å². The Kier molecular flexibility index (Phi) is 3.58. The molecule has 1 fully saturated rings. The second-order valence-corrected chi connectivity index (χ2v) is 4.97. The topological polar surface area (TPSA) is 91.1 Å². The highest BCUT2D eigenvalue weighted by molar-refractivity contribution is 5.92. The number of aromatic amines is 2. The van der Waals surface area contributed by atoms with Gasteiger partial charge < -0.3 is 19.6 Å². The van der Waals surface area contributed by atoms with E-state index in [2.05, 4.69) is 15.0 Å². The minimum absolute atomic E-state index is 0.116. The molecule has 10 heteroatoms. The van der Waals surface area contributed by atoms with Crippen LogP contribution in [0, 0.1) is 0 Å². The predicted octanol–water partition coefficient (Wildman–Crippen LogP) is 1.02. The number of nitrogens with zero attached hydrogens (tertiary/aromatic N) is 2. The van der Waals surface area contributed by atoms with Gasteiger partial charge in [0.25, 0.3) is 5.91 Å². The van der Waals surface area contributed by atoms with Crippen molar-refractivity contribution in [2.24, 2.45) is 0 Å². The van der Waals surface area contributed by atoms with Crippen LogP contribution in [-0.2, 0) is 6.18 Å². The summed E-state index contributed by atoms with van der Waals surface area (Å²) in [5.74, 6) is -0.535. The Morgan fingerprint density at radius 1 is 1.35 bits per heavy atom. The third-order valence-electron chi connectivity index (χ3n) is 3.26. The lowest BCUT2D eigenvalue weighted by Crippen LogP contribution is -2.56. The van der Waals surface area contributed by atoms with Gasteiger partial charge in [-0.3, -0.25) is 4.79 Å². The Hall–Kier alpha value is -2.78. The molecule has 0 aliphatic carbocycles. The number of hydrogen-bond donors (Lipinski definition) is 2. The lowest BCUT2D eigenvalue weighted by atomic mass is 10.1. The van der Waals surface area contributed by atoms with E-state index in [0.717, 1.165) is 6.07 Å². The third kappa shape index (κ3) is 3.20. The van der Waals surface area contributed by atoms with Crippen molar-refractivity contribution in [3.05, 3.63) is 46.3 Å². The summed E-state index contributed by atoms with van der Waals surface area (Å²) in [6, 6.07) is 3.38. The Bertz CT molecular complexity index is 777. The van der Waals surface area contributed by atoms with Gasteiger partial charge in [0.1, 0.15) is 17.5 Å². The zero-order chi connectivity index (χ0) is 16.6. The molecule has 1 aliphatic rings. The van der Waals surface area contributed by atoms with Crippen molar-refractivity contribution in [2.75, 3.05) is 13.1 Å². The van der Waals surface area contributed by atoms with Crippen molar-refractivity contribution in [3.63, 3.8) is 0 Å². The van der Waals surface area contributed by atoms with Crippen molar-refractivity contribution >= 4 is 5.91 Å². The van der Waals surface area contributed by atoms with E-state index in [1.165, 1.54) is 23.2 Å².